The molecule has 47 heavy (non-hydrogen) atoms. The number of thiocarbonyl (C=S) groups is 1. The number of carbonyl (C=O) groups is 2. The topological polar surface area (TPSA) is 86.3 Å². The van der Waals surface area contributed by atoms with Crippen molar-refractivity contribution >= 4 is 74.1 Å². The SMILES string of the molecule is COc1ccc(C(=O)P2(=S)O[C@H](CO[Si](C)(C)C(C)(C)C(C)C)[C@@H](O[Si](C)(C)C(C)(C)C(C)C)C[C@@H](N3CCC(=S)NC3=O)S2)cc1. The number of amides is 2. The largest absolute Gasteiger partial charge is 0.497 e. The Morgan fingerprint density at radius 2 is 1.62 bits per heavy atom. The van der Waals surface area contributed by atoms with Crippen molar-refractivity contribution in [2.24, 2.45) is 11.8 Å². The van der Waals surface area contributed by atoms with E-state index in [-0.39, 0.29) is 28.2 Å². The molecule has 0 aliphatic carbocycles. The smallest absolute Gasteiger partial charge is 0.323 e. The predicted molar refractivity (Wildman–Crippen MR) is 208 cm³/mol. The van der Waals surface area contributed by atoms with Crippen LogP contribution in [0.15, 0.2) is 24.3 Å². The number of carbonyl (C=O) groups excluding carboxylic acids is 2. The average Bonchev–Trinajstić information content (AvgIpc) is 3.11. The van der Waals surface area contributed by atoms with Crippen molar-refractivity contribution in [3.63, 3.8) is 0 Å². The molecule has 8 nitrogen and oxygen atoms in total. The van der Waals surface area contributed by atoms with E-state index in [4.69, 9.17) is 42.1 Å². The van der Waals surface area contributed by atoms with Gasteiger partial charge in [0.2, 0.25) is 5.52 Å². The third kappa shape index (κ3) is 9.00. The van der Waals surface area contributed by atoms with Gasteiger partial charge in [-0.3, -0.25) is 4.79 Å². The number of rotatable bonds is 13. The summed E-state index contributed by atoms with van der Waals surface area (Å²) in [6.45, 7) is 27.7. The number of ether oxygens (including phenoxy) is 1. The molecule has 266 valence electrons. The lowest BCUT2D eigenvalue weighted by Crippen LogP contribution is -2.55. The lowest BCUT2D eigenvalue weighted by atomic mass is 9.99. The molecule has 0 bridgehead atoms. The second-order valence-corrected chi connectivity index (χ2v) is 31.9. The van der Waals surface area contributed by atoms with Gasteiger partial charge >= 0.3 is 6.03 Å². The molecule has 14 heteroatoms. The summed E-state index contributed by atoms with van der Waals surface area (Å²) < 4.78 is 26.5. The molecule has 0 saturated carbocycles. The Labute approximate surface area is 300 Å². The summed E-state index contributed by atoms with van der Waals surface area (Å²) in [7, 11) is -3.13. The summed E-state index contributed by atoms with van der Waals surface area (Å²) in [5.74, 6) is 1.44. The lowest BCUT2D eigenvalue weighted by molar-refractivity contribution is 0.0102. The van der Waals surface area contributed by atoms with Crippen molar-refractivity contribution in [2.45, 2.75) is 122 Å². The van der Waals surface area contributed by atoms with E-state index in [1.165, 1.54) is 11.4 Å². The minimum atomic E-state index is -3.33. The van der Waals surface area contributed by atoms with Crippen LogP contribution in [0.25, 0.3) is 0 Å². The van der Waals surface area contributed by atoms with E-state index >= 15 is 0 Å². The van der Waals surface area contributed by atoms with Crippen LogP contribution in [-0.4, -0.2) is 75.9 Å². The molecule has 2 fully saturated rings. The first kappa shape index (κ1) is 40.8. The minimum absolute atomic E-state index is 0.0254. The summed E-state index contributed by atoms with van der Waals surface area (Å²) in [6.07, 6.45) is -0.0575. The number of benzene rings is 1. The summed E-state index contributed by atoms with van der Waals surface area (Å²) >= 11 is 13.0. The van der Waals surface area contributed by atoms with Gasteiger partial charge in [-0.15, -0.1) is 0 Å². The summed E-state index contributed by atoms with van der Waals surface area (Å²) in [5.41, 5.74) is -3.13. The van der Waals surface area contributed by atoms with Crippen LogP contribution < -0.4 is 10.1 Å². The van der Waals surface area contributed by atoms with Crippen molar-refractivity contribution in [3.05, 3.63) is 29.8 Å². The molecule has 2 aliphatic rings. The second kappa shape index (κ2) is 15.3. The van der Waals surface area contributed by atoms with E-state index in [0.717, 1.165) is 0 Å². The number of hydrogen-bond acceptors (Lipinski definition) is 9. The van der Waals surface area contributed by atoms with E-state index in [1.807, 2.05) is 0 Å². The van der Waals surface area contributed by atoms with Gasteiger partial charge in [-0.2, -0.15) is 0 Å². The van der Waals surface area contributed by atoms with Gasteiger partial charge in [-0.25, -0.2) is 4.79 Å². The van der Waals surface area contributed by atoms with Gasteiger partial charge in [0, 0.05) is 24.9 Å². The number of nitrogens with one attached hydrogen (secondary N) is 1. The Hall–Kier alpha value is -0.636. The third-order valence-electron chi connectivity index (χ3n) is 11.4. The van der Waals surface area contributed by atoms with Crippen LogP contribution in [0.4, 0.5) is 4.79 Å². The fraction of sp³-hybridized carbons (Fsp3) is 0.727. The zero-order valence-electron chi connectivity index (χ0n) is 30.6. The zero-order valence-corrected chi connectivity index (χ0v) is 35.9. The summed E-state index contributed by atoms with van der Waals surface area (Å²) in [6, 6.07) is 6.69. The Kier molecular flexibility index (Phi) is 13.3. The molecule has 2 aliphatic heterocycles. The van der Waals surface area contributed by atoms with Crippen LogP contribution in [-0.2, 0) is 25.2 Å². The van der Waals surface area contributed by atoms with Gasteiger partial charge in [-0.05, 0) is 84.2 Å². The van der Waals surface area contributed by atoms with E-state index in [9.17, 15) is 9.59 Å². The lowest BCUT2D eigenvalue weighted by Gasteiger charge is -2.47. The van der Waals surface area contributed by atoms with Gasteiger partial charge in [0.05, 0.1) is 30.2 Å². The van der Waals surface area contributed by atoms with E-state index in [2.05, 4.69) is 86.9 Å². The Bertz CT molecular complexity index is 1360. The van der Waals surface area contributed by atoms with E-state index < -0.39 is 39.7 Å². The normalized spacial score (nSPS) is 25.2. The van der Waals surface area contributed by atoms with Crippen molar-refractivity contribution in [1.82, 2.24) is 10.2 Å². The predicted octanol–water partition coefficient (Wildman–Crippen LogP) is 9.42. The molecule has 2 amide bonds. The molecule has 1 N–H and O–H groups in total. The summed E-state index contributed by atoms with van der Waals surface area (Å²) in [4.78, 5) is 30.1. The Balaban J connectivity index is 2.15. The molecule has 1 aromatic carbocycles. The van der Waals surface area contributed by atoms with Crippen LogP contribution in [0.1, 0.15) is 78.6 Å². The number of urea groups is 1. The highest BCUT2D eigenvalue weighted by Gasteiger charge is 2.52. The number of nitrogens with zero attached hydrogens (tertiary/aromatic N) is 1. The van der Waals surface area contributed by atoms with Crippen molar-refractivity contribution in [1.29, 1.82) is 0 Å². The van der Waals surface area contributed by atoms with Crippen LogP contribution in [0.3, 0.4) is 0 Å². The molecule has 0 spiro atoms. The Morgan fingerprint density at radius 3 is 2.13 bits per heavy atom. The van der Waals surface area contributed by atoms with Gasteiger partial charge < -0.3 is 28.3 Å². The standard InChI is InChI=1S/C33H57N2O6PS3Si2/c1-22(2)32(5,6)46(10,11)39-21-27-26(41-47(12,13)33(7,8)23(3)4)20-29(35-19-18-28(43)34-31(35)37)45-42(44,40-27)30(36)24-14-16-25(38-9)17-15-24/h14-17,22-23,26-27,29H,18-21H2,1-13H3,(H,34,37,43)/t26-,27+,29-,42?/m0/s1. The minimum Gasteiger partial charge on any atom is -0.497 e. The maximum atomic E-state index is 14.4. The van der Waals surface area contributed by atoms with E-state index in [1.54, 1.807) is 36.3 Å². The molecular weight excluding hydrogens is 704 g/mol. The highest BCUT2D eigenvalue weighted by molar-refractivity contribution is 8.74. The van der Waals surface area contributed by atoms with E-state index in [0.29, 0.717) is 47.5 Å². The van der Waals surface area contributed by atoms with Crippen LogP contribution in [0.2, 0.25) is 36.3 Å². The van der Waals surface area contributed by atoms with Crippen LogP contribution >= 0.6 is 29.1 Å². The van der Waals surface area contributed by atoms with Gasteiger partial charge in [0.15, 0.2) is 22.1 Å². The number of hydrogen-bond donors (Lipinski definition) is 1. The molecule has 1 aromatic rings. The maximum Gasteiger partial charge on any atom is 0.323 e. The molecule has 0 aromatic heterocycles. The highest BCUT2D eigenvalue weighted by atomic mass is 32.9. The zero-order chi connectivity index (χ0) is 35.8. The first-order valence-corrected chi connectivity index (χ1v) is 27.0. The Morgan fingerprint density at radius 1 is 1.06 bits per heavy atom. The first-order chi connectivity index (χ1) is 21.5. The monoisotopic (exact) mass is 760 g/mol. The molecular formula is C33H57N2O6PS3Si2. The van der Waals surface area contributed by atoms with Crippen LogP contribution in [0, 0.1) is 11.8 Å². The van der Waals surface area contributed by atoms with Crippen molar-refractivity contribution < 1.29 is 27.7 Å². The quantitative estimate of drug-likeness (QED) is 0.120. The molecule has 0 radical (unpaired) electrons. The first-order valence-electron chi connectivity index (χ1n) is 16.6. The summed E-state index contributed by atoms with van der Waals surface area (Å²) in [5, 5.41) is 2.27. The number of methoxy groups -OCH3 is 1. The van der Waals surface area contributed by atoms with Gasteiger partial charge in [0.1, 0.15) is 11.9 Å². The van der Waals surface area contributed by atoms with Crippen molar-refractivity contribution in [2.75, 3.05) is 20.3 Å². The maximum absolute atomic E-state index is 14.4. The molecule has 1 unspecified atom stereocenters. The molecule has 4 atom stereocenters. The van der Waals surface area contributed by atoms with Gasteiger partial charge in [0.25, 0.3) is 0 Å². The second-order valence-electron chi connectivity index (χ2n) is 15.5. The van der Waals surface area contributed by atoms with Crippen molar-refractivity contribution in [3.8, 4) is 5.75 Å². The fourth-order valence-electron chi connectivity index (χ4n) is 5.51. The highest BCUT2D eigenvalue weighted by Crippen LogP contribution is 2.67. The molecule has 3 rings (SSSR count). The fourth-order valence-corrected chi connectivity index (χ4v) is 17.1. The molecule has 2 saturated heterocycles. The third-order valence-corrected chi connectivity index (χ3v) is 27.0. The van der Waals surface area contributed by atoms with Gasteiger partial charge in [-0.1, -0.05) is 79.0 Å². The molecule has 2 heterocycles. The average molecular weight is 761 g/mol. The van der Waals surface area contributed by atoms with Crippen LogP contribution in [0.5, 0.6) is 5.75 Å².